The van der Waals surface area contributed by atoms with Crippen molar-refractivity contribution in [2.75, 3.05) is 53.3 Å². The number of likely N-dealkylation sites (N-methyl/N-ethyl adjacent to an activating group) is 1. The maximum atomic E-state index is 13.9. The molecule has 3 amide bonds. The molecular formula is C32H40N4O7S. The molecule has 0 radical (unpaired) electrons. The molecule has 11 nitrogen and oxygen atoms in total. The first-order valence-corrected chi connectivity index (χ1v) is 15.7. The molecule has 0 saturated heterocycles. The summed E-state index contributed by atoms with van der Waals surface area (Å²) in [5, 5.41) is 12.8. The van der Waals surface area contributed by atoms with E-state index in [9.17, 15) is 23.1 Å². The van der Waals surface area contributed by atoms with Gasteiger partial charge in [0.15, 0.2) is 0 Å². The summed E-state index contributed by atoms with van der Waals surface area (Å²) in [6, 6.07) is 17.8. The van der Waals surface area contributed by atoms with Gasteiger partial charge in [0.1, 0.15) is 22.5 Å². The van der Waals surface area contributed by atoms with E-state index in [2.05, 4.69) is 5.32 Å². The Kier molecular flexibility index (Phi) is 10.2. The largest absolute Gasteiger partial charge is 0.497 e. The summed E-state index contributed by atoms with van der Waals surface area (Å²) < 4.78 is 40.7. The quantitative estimate of drug-likeness (QED) is 0.388. The summed E-state index contributed by atoms with van der Waals surface area (Å²) in [6.45, 7) is 3.37. The molecule has 236 valence electrons. The average Bonchev–Trinajstić information content (AvgIpc) is 3.01. The molecule has 0 bridgehead atoms. The number of aliphatic hydroxyl groups excluding tert-OH is 1. The number of anilines is 1. The molecule has 4 rings (SSSR count). The van der Waals surface area contributed by atoms with Gasteiger partial charge >= 0.3 is 6.03 Å². The van der Waals surface area contributed by atoms with E-state index < -0.39 is 22.2 Å². The lowest BCUT2D eigenvalue weighted by Crippen LogP contribution is -2.50. The van der Waals surface area contributed by atoms with Crippen molar-refractivity contribution in [3.05, 3.63) is 72.3 Å². The lowest BCUT2D eigenvalue weighted by molar-refractivity contribution is 0.0827. The Morgan fingerprint density at radius 3 is 2.45 bits per heavy atom. The maximum absolute atomic E-state index is 13.9. The molecular weight excluding hydrogens is 584 g/mol. The van der Waals surface area contributed by atoms with Crippen LogP contribution in [0, 0.1) is 5.92 Å². The summed E-state index contributed by atoms with van der Waals surface area (Å²) in [5.74, 6) is 0.212. The number of hydrogen-bond donors (Lipinski definition) is 2. The average molecular weight is 625 g/mol. The Morgan fingerprint density at radius 2 is 1.77 bits per heavy atom. The summed E-state index contributed by atoms with van der Waals surface area (Å²) in [4.78, 5) is 28.7. The highest BCUT2D eigenvalue weighted by Gasteiger charge is 2.38. The van der Waals surface area contributed by atoms with E-state index in [1.807, 2.05) is 13.0 Å². The van der Waals surface area contributed by atoms with Crippen molar-refractivity contribution < 1.29 is 32.6 Å². The highest BCUT2D eigenvalue weighted by Crippen LogP contribution is 2.37. The van der Waals surface area contributed by atoms with E-state index >= 15 is 0 Å². The number of benzene rings is 3. The molecule has 0 fully saturated rings. The Morgan fingerprint density at radius 1 is 1.07 bits per heavy atom. The Bertz CT molecular complexity index is 1610. The third-order valence-electron chi connectivity index (χ3n) is 7.64. The number of nitrogens with zero attached hydrogens (tertiary/aromatic N) is 3. The van der Waals surface area contributed by atoms with Gasteiger partial charge < -0.3 is 29.7 Å². The number of carbonyl (C=O) groups excluding carboxylic acids is 2. The van der Waals surface area contributed by atoms with Crippen LogP contribution in [0.2, 0.25) is 0 Å². The summed E-state index contributed by atoms with van der Waals surface area (Å²) >= 11 is 0. The van der Waals surface area contributed by atoms with Crippen LogP contribution < -0.4 is 14.8 Å². The van der Waals surface area contributed by atoms with Crippen molar-refractivity contribution in [2.45, 2.75) is 30.9 Å². The molecule has 0 aliphatic carbocycles. The normalized spacial score (nSPS) is 18.5. The van der Waals surface area contributed by atoms with Crippen molar-refractivity contribution in [3.8, 4) is 22.6 Å². The van der Waals surface area contributed by atoms with Gasteiger partial charge in [0.25, 0.3) is 5.91 Å². The SMILES string of the molecule is COc1cccc(NC(=O)N(C)C[C@H]2Oc3cc(-c4cccc(C(=O)N(C)C)c4)ccc3S(=O)(=O)N([C@@H](C)CO)C[C@H]2C)c1. The number of hydrogen-bond acceptors (Lipinski definition) is 7. The van der Waals surface area contributed by atoms with E-state index in [0.29, 0.717) is 28.1 Å². The molecule has 0 spiro atoms. The number of ether oxygens (including phenoxy) is 2. The molecule has 1 aliphatic rings. The van der Waals surface area contributed by atoms with Crippen molar-refractivity contribution in [2.24, 2.45) is 5.92 Å². The first-order valence-electron chi connectivity index (χ1n) is 14.3. The van der Waals surface area contributed by atoms with E-state index in [4.69, 9.17) is 9.47 Å². The van der Waals surface area contributed by atoms with Gasteiger partial charge in [-0.1, -0.05) is 31.2 Å². The number of sulfonamides is 1. The number of rotatable bonds is 8. The number of carbonyl (C=O) groups is 2. The van der Waals surface area contributed by atoms with Crippen molar-refractivity contribution in [1.29, 1.82) is 0 Å². The predicted molar refractivity (Wildman–Crippen MR) is 169 cm³/mol. The Labute approximate surface area is 259 Å². The van der Waals surface area contributed by atoms with Gasteiger partial charge in [-0.3, -0.25) is 4.79 Å². The van der Waals surface area contributed by atoms with Crippen LogP contribution in [0.1, 0.15) is 24.2 Å². The minimum Gasteiger partial charge on any atom is -0.497 e. The van der Waals surface area contributed by atoms with Crippen molar-refractivity contribution >= 4 is 27.6 Å². The zero-order valence-electron chi connectivity index (χ0n) is 25.9. The van der Waals surface area contributed by atoms with Crippen LogP contribution in [0.25, 0.3) is 11.1 Å². The first-order chi connectivity index (χ1) is 20.8. The monoisotopic (exact) mass is 624 g/mol. The second-order valence-corrected chi connectivity index (χ2v) is 13.1. The van der Waals surface area contributed by atoms with Crippen LogP contribution in [0.4, 0.5) is 10.5 Å². The van der Waals surface area contributed by atoms with Gasteiger partial charge in [-0.15, -0.1) is 0 Å². The van der Waals surface area contributed by atoms with Crippen LogP contribution in [0.5, 0.6) is 11.5 Å². The molecule has 1 aliphatic heterocycles. The third-order valence-corrected chi connectivity index (χ3v) is 9.66. The number of aliphatic hydroxyl groups is 1. The summed E-state index contributed by atoms with van der Waals surface area (Å²) in [6.07, 6.45) is -0.601. The van der Waals surface area contributed by atoms with Gasteiger partial charge in [-0.05, 0) is 54.4 Å². The van der Waals surface area contributed by atoms with Crippen LogP contribution in [0.15, 0.2) is 71.6 Å². The molecule has 44 heavy (non-hydrogen) atoms. The summed E-state index contributed by atoms with van der Waals surface area (Å²) in [7, 11) is 2.48. The van der Waals surface area contributed by atoms with Crippen molar-refractivity contribution in [1.82, 2.24) is 14.1 Å². The fourth-order valence-corrected chi connectivity index (χ4v) is 6.81. The van der Waals surface area contributed by atoms with E-state index in [1.165, 1.54) is 20.2 Å². The molecule has 2 N–H and O–H groups in total. The predicted octanol–water partition coefficient (Wildman–Crippen LogP) is 4.00. The fraction of sp³-hybridized carbons (Fsp3) is 0.375. The highest BCUT2D eigenvalue weighted by molar-refractivity contribution is 7.89. The second kappa shape index (κ2) is 13.7. The van der Waals surface area contributed by atoms with Gasteiger partial charge in [-0.25, -0.2) is 13.2 Å². The van der Waals surface area contributed by atoms with E-state index in [0.717, 1.165) is 0 Å². The lowest BCUT2D eigenvalue weighted by atomic mass is 10.0. The zero-order valence-corrected chi connectivity index (χ0v) is 26.7. The number of amides is 3. The van der Waals surface area contributed by atoms with Gasteiger partial charge in [0.2, 0.25) is 10.0 Å². The van der Waals surface area contributed by atoms with Crippen LogP contribution in [0.3, 0.4) is 0 Å². The third kappa shape index (κ3) is 7.15. The minimum atomic E-state index is -4.05. The number of methoxy groups -OCH3 is 1. The van der Waals surface area contributed by atoms with E-state index in [1.54, 1.807) is 89.8 Å². The number of nitrogens with one attached hydrogen (secondary N) is 1. The smallest absolute Gasteiger partial charge is 0.321 e. The van der Waals surface area contributed by atoms with Gasteiger partial charge in [-0.2, -0.15) is 4.31 Å². The second-order valence-electron chi connectivity index (χ2n) is 11.2. The fourth-order valence-electron chi connectivity index (χ4n) is 4.99. The standard InChI is InChI=1S/C32H40N4O7S/c1-21-18-36(22(2)20-37)44(40,41)30-14-13-24(23-9-7-10-25(15-23)31(38)34(3)4)16-28(30)43-29(21)19-35(5)32(39)33-26-11-8-12-27(17-26)42-6/h7-17,21-22,29,37H,18-20H2,1-6H3,(H,33,39)/t21-,22+,29-/m1/s1. The molecule has 3 aromatic rings. The zero-order chi connectivity index (χ0) is 32.2. The minimum absolute atomic E-state index is 0.0394. The Balaban J connectivity index is 1.70. The van der Waals surface area contributed by atoms with Gasteiger partial charge in [0, 0.05) is 57.0 Å². The van der Waals surface area contributed by atoms with Crippen LogP contribution in [-0.4, -0.2) is 99.7 Å². The molecule has 3 aromatic carbocycles. The molecule has 12 heteroatoms. The van der Waals surface area contributed by atoms with Crippen molar-refractivity contribution in [3.63, 3.8) is 0 Å². The molecule has 0 unspecified atom stereocenters. The Hall–Kier alpha value is -4.13. The van der Waals surface area contributed by atoms with Crippen LogP contribution >= 0.6 is 0 Å². The summed E-state index contributed by atoms with van der Waals surface area (Å²) in [5.41, 5.74) is 2.42. The highest BCUT2D eigenvalue weighted by atomic mass is 32.2. The molecule has 1 heterocycles. The lowest BCUT2D eigenvalue weighted by Gasteiger charge is -2.37. The van der Waals surface area contributed by atoms with Gasteiger partial charge in [0.05, 0.1) is 20.3 Å². The topological polar surface area (TPSA) is 129 Å². The molecule has 0 aromatic heterocycles. The number of fused-ring (bicyclic) bond motifs is 1. The maximum Gasteiger partial charge on any atom is 0.321 e. The first kappa shape index (κ1) is 32.8. The molecule has 0 saturated carbocycles. The number of urea groups is 1. The van der Waals surface area contributed by atoms with Crippen LogP contribution in [-0.2, 0) is 10.0 Å². The molecule has 3 atom stereocenters. The van der Waals surface area contributed by atoms with E-state index in [-0.39, 0.29) is 48.2 Å².